The van der Waals surface area contributed by atoms with Crippen LogP contribution in [0.1, 0.15) is 36.6 Å². The molecule has 1 aliphatic carbocycles. The van der Waals surface area contributed by atoms with Crippen LogP contribution in [0.2, 0.25) is 0 Å². The third kappa shape index (κ3) is 2.79. The fourth-order valence-electron chi connectivity index (χ4n) is 2.23. The second-order valence-corrected chi connectivity index (χ2v) is 5.32. The Bertz CT molecular complexity index is 456. The molecular weight excluding hydrogens is 244 g/mol. The summed E-state index contributed by atoms with van der Waals surface area (Å²) in [5.41, 5.74) is 3.50. The smallest absolute Gasteiger partial charge is 0.221 e. The Hall–Kier alpha value is -1.40. The second kappa shape index (κ2) is 5.30. The average molecular weight is 264 g/mol. The van der Waals surface area contributed by atoms with Crippen molar-refractivity contribution in [3.63, 3.8) is 0 Å². The lowest BCUT2D eigenvalue weighted by Crippen LogP contribution is -2.16. The van der Waals surface area contributed by atoms with E-state index in [1.165, 1.54) is 0 Å². The molecule has 19 heavy (non-hydrogen) atoms. The average Bonchev–Trinajstić information content (AvgIpc) is 3.14. The molecule has 104 valence electrons. The number of hydrazine groups is 1. The number of hydrogen-bond acceptors (Lipinski definition) is 6. The van der Waals surface area contributed by atoms with Crippen molar-refractivity contribution in [3.05, 3.63) is 11.4 Å². The van der Waals surface area contributed by atoms with Crippen LogP contribution in [0.4, 0.5) is 5.82 Å². The van der Waals surface area contributed by atoms with Crippen molar-refractivity contribution in [2.24, 2.45) is 11.8 Å². The number of nitrogen functional groups attached to an aromatic ring is 1. The predicted molar refractivity (Wildman–Crippen MR) is 71.0 cm³/mol. The van der Waals surface area contributed by atoms with E-state index in [4.69, 9.17) is 15.3 Å². The van der Waals surface area contributed by atoms with Crippen molar-refractivity contribution in [1.29, 1.82) is 0 Å². The first-order valence-electron chi connectivity index (χ1n) is 6.83. The van der Waals surface area contributed by atoms with Crippen LogP contribution in [-0.4, -0.2) is 29.8 Å². The molecule has 3 rings (SSSR count). The molecule has 2 fully saturated rings. The number of nitrogens with two attached hydrogens (primary N) is 1. The van der Waals surface area contributed by atoms with Crippen LogP contribution in [0, 0.1) is 12.8 Å². The van der Waals surface area contributed by atoms with Gasteiger partial charge >= 0.3 is 0 Å². The molecule has 6 nitrogen and oxygen atoms in total. The molecule has 1 unspecified atom stereocenters. The Labute approximate surface area is 112 Å². The van der Waals surface area contributed by atoms with E-state index in [-0.39, 0.29) is 0 Å². The van der Waals surface area contributed by atoms with Gasteiger partial charge in [0.1, 0.15) is 11.6 Å². The summed E-state index contributed by atoms with van der Waals surface area (Å²) in [5, 5.41) is 0. The molecule has 0 bridgehead atoms. The zero-order chi connectivity index (χ0) is 13.2. The lowest BCUT2D eigenvalue weighted by molar-refractivity contribution is 0.165. The van der Waals surface area contributed by atoms with Gasteiger partial charge in [-0.15, -0.1) is 0 Å². The molecule has 6 heteroatoms. The van der Waals surface area contributed by atoms with Crippen molar-refractivity contribution in [1.82, 2.24) is 9.97 Å². The minimum absolute atomic E-state index is 0.466. The zero-order valence-corrected chi connectivity index (χ0v) is 11.2. The van der Waals surface area contributed by atoms with E-state index in [1.807, 2.05) is 6.92 Å². The van der Waals surface area contributed by atoms with Gasteiger partial charge in [0.05, 0.1) is 18.8 Å². The van der Waals surface area contributed by atoms with Crippen LogP contribution in [-0.2, 0) is 4.74 Å². The van der Waals surface area contributed by atoms with Crippen LogP contribution >= 0.6 is 0 Å². The van der Waals surface area contributed by atoms with Gasteiger partial charge in [-0.25, -0.2) is 10.8 Å². The molecule has 1 saturated carbocycles. The maximum atomic E-state index is 5.86. The SMILES string of the molecule is Cc1c(NN)nc(C2CC2)nc1OCC1CCOC1. The minimum atomic E-state index is 0.466. The highest BCUT2D eigenvalue weighted by atomic mass is 16.5. The van der Waals surface area contributed by atoms with E-state index in [0.29, 0.717) is 30.1 Å². The number of aromatic nitrogens is 2. The molecule has 0 aromatic carbocycles. The Morgan fingerprint density at radius 2 is 2.21 bits per heavy atom. The molecule has 2 heterocycles. The van der Waals surface area contributed by atoms with Crippen molar-refractivity contribution in [2.45, 2.75) is 32.1 Å². The monoisotopic (exact) mass is 264 g/mol. The lowest BCUT2D eigenvalue weighted by Gasteiger charge is -2.14. The fraction of sp³-hybridized carbons (Fsp3) is 0.692. The minimum Gasteiger partial charge on any atom is -0.477 e. The summed E-state index contributed by atoms with van der Waals surface area (Å²) in [6, 6.07) is 0. The maximum absolute atomic E-state index is 5.86. The highest BCUT2D eigenvalue weighted by Gasteiger charge is 2.28. The number of rotatable bonds is 5. The van der Waals surface area contributed by atoms with E-state index >= 15 is 0 Å². The van der Waals surface area contributed by atoms with Gasteiger partial charge in [0.2, 0.25) is 5.88 Å². The van der Waals surface area contributed by atoms with Gasteiger partial charge in [-0.1, -0.05) is 0 Å². The third-order valence-electron chi connectivity index (χ3n) is 3.68. The molecule has 1 aliphatic heterocycles. The number of nitrogens with one attached hydrogen (secondary N) is 1. The predicted octanol–water partition coefficient (Wildman–Crippen LogP) is 1.36. The van der Waals surface area contributed by atoms with Gasteiger partial charge in [0.15, 0.2) is 0 Å². The molecule has 2 aliphatic rings. The van der Waals surface area contributed by atoms with Gasteiger partial charge in [-0.05, 0) is 26.2 Å². The van der Waals surface area contributed by atoms with Crippen molar-refractivity contribution in [3.8, 4) is 5.88 Å². The summed E-state index contributed by atoms with van der Waals surface area (Å²) in [4.78, 5) is 8.98. The lowest BCUT2D eigenvalue weighted by atomic mass is 10.1. The summed E-state index contributed by atoms with van der Waals surface area (Å²) in [5.74, 6) is 8.61. The van der Waals surface area contributed by atoms with Crippen molar-refractivity contribution < 1.29 is 9.47 Å². The second-order valence-electron chi connectivity index (χ2n) is 5.32. The molecule has 1 aromatic heterocycles. The number of anilines is 1. The normalized spacial score (nSPS) is 22.5. The van der Waals surface area contributed by atoms with Gasteiger partial charge in [0, 0.05) is 18.4 Å². The quantitative estimate of drug-likeness (QED) is 0.617. The van der Waals surface area contributed by atoms with Crippen LogP contribution in [0.15, 0.2) is 0 Å². The van der Waals surface area contributed by atoms with Crippen LogP contribution in [0.5, 0.6) is 5.88 Å². The van der Waals surface area contributed by atoms with Crippen molar-refractivity contribution >= 4 is 5.82 Å². The Morgan fingerprint density at radius 3 is 2.84 bits per heavy atom. The highest BCUT2D eigenvalue weighted by Crippen LogP contribution is 2.39. The van der Waals surface area contributed by atoms with E-state index in [0.717, 1.165) is 43.9 Å². The van der Waals surface area contributed by atoms with E-state index < -0.39 is 0 Å². The van der Waals surface area contributed by atoms with Crippen molar-refractivity contribution in [2.75, 3.05) is 25.2 Å². The largest absolute Gasteiger partial charge is 0.477 e. The van der Waals surface area contributed by atoms with Gasteiger partial charge in [0.25, 0.3) is 0 Å². The van der Waals surface area contributed by atoms with E-state index in [1.54, 1.807) is 0 Å². The van der Waals surface area contributed by atoms with Gasteiger partial charge in [-0.2, -0.15) is 4.98 Å². The molecule has 1 saturated heterocycles. The number of hydrogen-bond donors (Lipinski definition) is 2. The molecule has 3 N–H and O–H groups in total. The molecule has 0 amide bonds. The van der Waals surface area contributed by atoms with E-state index in [2.05, 4.69) is 15.4 Å². The summed E-state index contributed by atoms with van der Waals surface area (Å²) in [7, 11) is 0. The Kier molecular flexibility index (Phi) is 3.52. The highest BCUT2D eigenvalue weighted by molar-refractivity contribution is 5.48. The van der Waals surface area contributed by atoms with Gasteiger partial charge in [-0.3, -0.25) is 0 Å². The molecular formula is C13H20N4O2. The van der Waals surface area contributed by atoms with Crippen LogP contribution < -0.4 is 16.0 Å². The number of ether oxygens (including phenoxy) is 2. The topological polar surface area (TPSA) is 82.3 Å². The molecule has 1 atom stereocenters. The first kappa shape index (κ1) is 12.6. The van der Waals surface area contributed by atoms with Crippen LogP contribution in [0.25, 0.3) is 0 Å². The first-order valence-corrected chi connectivity index (χ1v) is 6.83. The number of nitrogens with zero attached hydrogens (tertiary/aromatic N) is 2. The summed E-state index contributed by atoms with van der Waals surface area (Å²) < 4.78 is 11.2. The third-order valence-corrected chi connectivity index (χ3v) is 3.68. The summed E-state index contributed by atoms with van der Waals surface area (Å²) in [6.07, 6.45) is 3.37. The standard InChI is InChI=1S/C13H20N4O2/c1-8-11(17-14)15-12(10-2-3-10)16-13(8)19-7-9-4-5-18-6-9/h9-10H,2-7,14H2,1H3,(H,15,16,17). The Morgan fingerprint density at radius 1 is 1.37 bits per heavy atom. The molecule has 1 aromatic rings. The molecule has 0 radical (unpaired) electrons. The van der Waals surface area contributed by atoms with E-state index in [9.17, 15) is 0 Å². The fourth-order valence-corrected chi connectivity index (χ4v) is 2.23. The zero-order valence-electron chi connectivity index (χ0n) is 11.2. The summed E-state index contributed by atoms with van der Waals surface area (Å²) in [6.45, 7) is 4.18. The van der Waals surface area contributed by atoms with Gasteiger partial charge < -0.3 is 14.9 Å². The Balaban J connectivity index is 1.75. The maximum Gasteiger partial charge on any atom is 0.221 e. The van der Waals surface area contributed by atoms with Crippen LogP contribution in [0.3, 0.4) is 0 Å². The summed E-state index contributed by atoms with van der Waals surface area (Å²) >= 11 is 0. The first-order chi connectivity index (χ1) is 9.28. The molecule has 0 spiro atoms.